The molecule has 0 aromatic carbocycles. The van der Waals surface area contributed by atoms with Crippen molar-refractivity contribution in [1.29, 1.82) is 0 Å². The topological polar surface area (TPSA) is 55.1 Å². The first-order valence-electron chi connectivity index (χ1n) is 3.28. The molecule has 1 atom stereocenters. The summed E-state index contributed by atoms with van der Waals surface area (Å²) in [6.45, 7) is 2.00. The van der Waals surface area contributed by atoms with Gasteiger partial charge in [-0.2, -0.15) is 0 Å². The number of halogens is 2. The Bertz CT molecular complexity index is 115. The fraction of sp³-hybridized carbons (Fsp3) is 0.833. The number of nitrogens with two attached hydrogens (primary N) is 1. The molecule has 0 aromatic rings. The lowest BCUT2D eigenvalue weighted by Gasteiger charge is -2.01. The second-order valence-corrected chi connectivity index (χ2v) is 2.53. The number of hydrogen-bond donors (Lipinski definition) is 2. The first kappa shape index (κ1) is 13.6. The van der Waals surface area contributed by atoms with Gasteiger partial charge in [-0.15, -0.1) is 24.8 Å². The van der Waals surface area contributed by atoms with Crippen LogP contribution in [0.4, 0.5) is 0 Å². The average molecular weight is 201 g/mol. The third kappa shape index (κ3) is 5.30. The van der Waals surface area contributed by atoms with E-state index < -0.39 is 0 Å². The molecule has 1 heterocycles. The molecule has 5 heteroatoms. The maximum Gasteiger partial charge on any atom is 0.217 e. The second kappa shape index (κ2) is 6.70. The van der Waals surface area contributed by atoms with Crippen molar-refractivity contribution in [1.82, 2.24) is 5.32 Å². The molecular formula is C6H14Cl2N2O. The summed E-state index contributed by atoms with van der Waals surface area (Å²) in [5.41, 5.74) is 5.01. The van der Waals surface area contributed by atoms with Crippen LogP contribution in [-0.2, 0) is 4.79 Å². The average Bonchev–Trinajstić information content (AvgIpc) is 2.15. The van der Waals surface area contributed by atoms with Gasteiger partial charge in [0, 0.05) is 6.42 Å². The molecule has 0 saturated carbocycles. The van der Waals surface area contributed by atoms with Crippen molar-refractivity contribution in [2.24, 2.45) is 11.7 Å². The molecular weight excluding hydrogens is 187 g/mol. The minimum absolute atomic E-state index is 0. The highest BCUT2D eigenvalue weighted by atomic mass is 35.5. The summed E-state index contributed by atoms with van der Waals surface area (Å²) in [5.74, 6) is 0.325. The van der Waals surface area contributed by atoms with Gasteiger partial charge < -0.3 is 11.1 Å². The van der Waals surface area contributed by atoms with Crippen molar-refractivity contribution in [2.45, 2.75) is 12.8 Å². The van der Waals surface area contributed by atoms with Crippen LogP contribution in [0, 0.1) is 5.92 Å². The van der Waals surface area contributed by atoms with Gasteiger partial charge in [0.15, 0.2) is 0 Å². The van der Waals surface area contributed by atoms with Crippen molar-refractivity contribution >= 4 is 30.7 Å². The van der Waals surface area contributed by atoms with Crippen LogP contribution in [-0.4, -0.2) is 19.0 Å². The lowest BCUT2D eigenvalue weighted by atomic mass is 10.1. The molecule has 3 N–H and O–H groups in total. The molecule has 1 aliphatic heterocycles. The summed E-state index contributed by atoms with van der Waals surface area (Å²) in [7, 11) is 0. The number of rotatable bonds is 2. The highest BCUT2D eigenvalue weighted by molar-refractivity contribution is 5.85. The Morgan fingerprint density at radius 1 is 1.55 bits per heavy atom. The summed E-state index contributed by atoms with van der Waals surface area (Å²) in [5, 5.41) is 3.17. The zero-order chi connectivity index (χ0) is 6.69. The Morgan fingerprint density at radius 2 is 2.18 bits per heavy atom. The smallest absolute Gasteiger partial charge is 0.217 e. The molecule has 1 aliphatic rings. The zero-order valence-electron chi connectivity index (χ0n) is 6.21. The van der Waals surface area contributed by atoms with Gasteiger partial charge in [-0.05, 0) is 25.4 Å². The molecule has 1 amide bonds. The lowest BCUT2D eigenvalue weighted by molar-refractivity contribution is -0.118. The summed E-state index contributed by atoms with van der Waals surface area (Å²) in [4.78, 5) is 10.3. The first-order valence-corrected chi connectivity index (χ1v) is 3.28. The Hall–Kier alpha value is 0.01000. The molecule has 0 aromatic heterocycles. The summed E-state index contributed by atoms with van der Waals surface area (Å²) < 4.78 is 0. The van der Waals surface area contributed by atoms with Crippen molar-refractivity contribution in [3.8, 4) is 0 Å². The van der Waals surface area contributed by atoms with Crippen LogP contribution in [0.15, 0.2) is 0 Å². The van der Waals surface area contributed by atoms with Gasteiger partial charge in [-0.1, -0.05) is 0 Å². The van der Waals surface area contributed by atoms with E-state index in [9.17, 15) is 4.79 Å². The fourth-order valence-corrected chi connectivity index (χ4v) is 1.17. The van der Waals surface area contributed by atoms with E-state index in [0.717, 1.165) is 19.5 Å². The monoisotopic (exact) mass is 200 g/mol. The minimum atomic E-state index is -0.177. The molecule has 0 spiro atoms. The molecule has 1 fully saturated rings. The highest BCUT2D eigenvalue weighted by Gasteiger charge is 2.15. The van der Waals surface area contributed by atoms with E-state index in [1.54, 1.807) is 0 Å². The predicted octanol–water partition coefficient (Wildman–Crippen LogP) is 0.315. The molecule has 0 unspecified atom stereocenters. The number of amides is 1. The number of carbonyl (C=O) groups excluding carboxylic acids is 1. The first-order chi connectivity index (χ1) is 4.29. The molecule has 68 valence electrons. The van der Waals surface area contributed by atoms with Gasteiger partial charge in [0.2, 0.25) is 5.91 Å². The van der Waals surface area contributed by atoms with E-state index in [2.05, 4.69) is 5.32 Å². The Morgan fingerprint density at radius 3 is 2.55 bits per heavy atom. The number of hydrogen-bond acceptors (Lipinski definition) is 2. The predicted molar refractivity (Wildman–Crippen MR) is 49.3 cm³/mol. The number of primary amides is 1. The van der Waals surface area contributed by atoms with Gasteiger partial charge in [0.05, 0.1) is 0 Å². The van der Waals surface area contributed by atoms with E-state index >= 15 is 0 Å². The largest absolute Gasteiger partial charge is 0.370 e. The van der Waals surface area contributed by atoms with E-state index in [-0.39, 0.29) is 30.7 Å². The van der Waals surface area contributed by atoms with Gasteiger partial charge >= 0.3 is 0 Å². The second-order valence-electron chi connectivity index (χ2n) is 2.53. The van der Waals surface area contributed by atoms with Gasteiger partial charge in [-0.25, -0.2) is 0 Å². The molecule has 1 rings (SSSR count). The van der Waals surface area contributed by atoms with Crippen LogP contribution < -0.4 is 11.1 Å². The van der Waals surface area contributed by atoms with Crippen molar-refractivity contribution in [3.05, 3.63) is 0 Å². The molecule has 0 radical (unpaired) electrons. The number of carbonyl (C=O) groups is 1. The van der Waals surface area contributed by atoms with Gasteiger partial charge in [0.1, 0.15) is 0 Å². The lowest BCUT2D eigenvalue weighted by Crippen LogP contribution is -2.18. The normalized spacial score (nSPS) is 21.6. The Balaban J connectivity index is 0. The molecule has 0 bridgehead atoms. The molecule has 1 saturated heterocycles. The van der Waals surface area contributed by atoms with E-state index in [1.807, 2.05) is 0 Å². The summed E-state index contributed by atoms with van der Waals surface area (Å²) in [6.07, 6.45) is 1.65. The van der Waals surface area contributed by atoms with Gasteiger partial charge in [0.25, 0.3) is 0 Å². The fourth-order valence-electron chi connectivity index (χ4n) is 1.17. The third-order valence-electron chi connectivity index (χ3n) is 1.65. The zero-order valence-corrected chi connectivity index (χ0v) is 7.84. The van der Waals surface area contributed by atoms with Crippen LogP contribution in [0.2, 0.25) is 0 Å². The minimum Gasteiger partial charge on any atom is -0.370 e. The standard InChI is InChI=1S/C6H12N2O.2ClH/c7-6(9)3-5-1-2-8-4-5;;/h5,8H,1-4H2,(H2,7,9);2*1H/t5-;;/m1../s1. The molecule has 0 aliphatic carbocycles. The maximum absolute atomic E-state index is 10.3. The van der Waals surface area contributed by atoms with Crippen LogP contribution in [0.25, 0.3) is 0 Å². The van der Waals surface area contributed by atoms with Crippen LogP contribution in [0.1, 0.15) is 12.8 Å². The summed E-state index contributed by atoms with van der Waals surface area (Å²) >= 11 is 0. The van der Waals surface area contributed by atoms with Crippen LogP contribution in [0.5, 0.6) is 0 Å². The maximum atomic E-state index is 10.3. The van der Waals surface area contributed by atoms with Crippen LogP contribution in [0.3, 0.4) is 0 Å². The Labute approximate surface area is 78.9 Å². The van der Waals surface area contributed by atoms with Gasteiger partial charge in [-0.3, -0.25) is 4.79 Å². The summed E-state index contributed by atoms with van der Waals surface area (Å²) in [6, 6.07) is 0. The molecule has 3 nitrogen and oxygen atoms in total. The quantitative estimate of drug-likeness (QED) is 0.675. The third-order valence-corrected chi connectivity index (χ3v) is 1.65. The number of nitrogens with one attached hydrogen (secondary N) is 1. The Kier molecular flexibility index (Phi) is 8.28. The van der Waals surface area contributed by atoms with E-state index in [1.165, 1.54) is 0 Å². The van der Waals surface area contributed by atoms with E-state index in [0.29, 0.717) is 12.3 Å². The SMILES string of the molecule is Cl.Cl.NC(=O)C[C@H]1CCNC1. The van der Waals surface area contributed by atoms with E-state index in [4.69, 9.17) is 5.73 Å². The van der Waals surface area contributed by atoms with Crippen molar-refractivity contribution in [2.75, 3.05) is 13.1 Å². The van der Waals surface area contributed by atoms with Crippen molar-refractivity contribution in [3.63, 3.8) is 0 Å². The van der Waals surface area contributed by atoms with Crippen LogP contribution >= 0.6 is 24.8 Å². The molecule has 11 heavy (non-hydrogen) atoms. The van der Waals surface area contributed by atoms with Crippen molar-refractivity contribution < 1.29 is 4.79 Å². The highest BCUT2D eigenvalue weighted by Crippen LogP contribution is 2.10.